The molecule has 0 bridgehead atoms. The van der Waals surface area contributed by atoms with E-state index in [1.165, 1.54) is 6.20 Å². The molecule has 1 aliphatic heterocycles. The summed E-state index contributed by atoms with van der Waals surface area (Å²) in [6, 6.07) is 3.32. The smallest absolute Gasteiger partial charge is 0.422 e. The highest BCUT2D eigenvalue weighted by molar-refractivity contribution is 5.79. The second kappa shape index (κ2) is 8.89. The molecule has 2 heterocycles. The van der Waals surface area contributed by atoms with Crippen molar-refractivity contribution in [3.05, 3.63) is 23.9 Å². The molecule has 1 aliphatic rings. The zero-order valence-corrected chi connectivity index (χ0v) is 14.3. The second-order valence-electron chi connectivity index (χ2n) is 5.88. The summed E-state index contributed by atoms with van der Waals surface area (Å²) in [6.45, 7) is 1.20. The number of nitrogens with one attached hydrogen (secondary N) is 1. The largest absolute Gasteiger partial charge is 0.468 e. The van der Waals surface area contributed by atoms with Gasteiger partial charge in [-0.3, -0.25) is 4.99 Å². The average Bonchev–Trinajstić information content (AvgIpc) is 3.06. The zero-order valence-electron chi connectivity index (χ0n) is 14.3. The van der Waals surface area contributed by atoms with Crippen molar-refractivity contribution in [2.45, 2.75) is 19.1 Å². The molecule has 9 heteroatoms. The third-order valence-corrected chi connectivity index (χ3v) is 3.79. The van der Waals surface area contributed by atoms with Gasteiger partial charge in [0.2, 0.25) is 5.88 Å². The molecule has 0 aromatic carbocycles. The van der Waals surface area contributed by atoms with E-state index >= 15 is 0 Å². The number of hydrogen-bond donors (Lipinski definition) is 1. The molecule has 1 aromatic rings. The normalized spacial score (nSPS) is 18.3. The molecule has 0 spiro atoms. The molecular weight excluding hydrogens is 337 g/mol. The molecule has 0 radical (unpaired) electrons. The Morgan fingerprint density at radius 2 is 2.32 bits per heavy atom. The Hall–Kier alpha value is -2.03. The summed E-state index contributed by atoms with van der Waals surface area (Å²) in [6.07, 6.45) is -1.99. The lowest BCUT2D eigenvalue weighted by Crippen LogP contribution is -2.41. The molecule has 1 unspecified atom stereocenters. The molecule has 0 aliphatic carbocycles. The third-order valence-electron chi connectivity index (χ3n) is 3.79. The van der Waals surface area contributed by atoms with Crippen molar-refractivity contribution in [3.63, 3.8) is 0 Å². The fourth-order valence-corrected chi connectivity index (χ4v) is 2.60. The van der Waals surface area contributed by atoms with Crippen LogP contribution in [0.15, 0.2) is 23.3 Å². The van der Waals surface area contributed by atoms with Crippen LogP contribution >= 0.6 is 0 Å². The minimum atomic E-state index is -4.40. The Labute approximate surface area is 145 Å². The second-order valence-corrected chi connectivity index (χ2v) is 5.88. The highest BCUT2D eigenvalue weighted by Crippen LogP contribution is 2.20. The van der Waals surface area contributed by atoms with Crippen LogP contribution in [0.25, 0.3) is 0 Å². The van der Waals surface area contributed by atoms with Gasteiger partial charge in [0.25, 0.3) is 0 Å². The van der Waals surface area contributed by atoms with Gasteiger partial charge in [0.15, 0.2) is 12.6 Å². The Kier molecular flexibility index (Phi) is 6.86. The van der Waals surface area contributed by atoms with E-state index in [0.29, 0.717) is 17.4 Å². The van der Waals surface area contributed by atoms with Gasteiger partial charge in [0.1, 0.15) is 0 Å². The number of alkyl halides is 3. The molecule has 0 saturated carbocycles. The van der Waals surface area contributed by atoms with Crippen molar-refractivity contribution in [2.75, 3.05) is 40.5 Å². The van der Waals surface area contributed by atoms with Crippen LogP contribution in [0, 0.1) is 5.92 Å². The SMILES string of the molecule is CN=C(NCc1cccnc1OCC(F)(F)F)N(C)CC1CCOC1. The van der Waals surface area contributed by atoms with Crippen molar-refractivity contribution in [1.82, 2.24) is 15.2 Å². The lowest BCUT2D eigenvalue weighted by molar-refractivity contribution is -0.154. The first kappa shape index (κ1) is 19.3. The first-order chi connectivity index (χ1) is 11.9. The molecule has 2 rings (SSSR count). The van der Waals surface area contributed by atoms with Gasteiger partial charge >= 0.3 is 6.18 Å². The Morgan fingerprint density at radius 1 is 1.52 bits per heavy atom. The van der Waals surface area contributed by atoms with Gasteiger partial charge in [-0.15, -0.1) is 0 Å². The van der Waals surface area contributed by atoms with Crippen molar-refractivity contribution in [1.29, 1.82) is 0 Å². The summed E-state index contributed by atoms with van der Waals surface area (Å²) in [7, 11) is 3.58. The van der Waals surface area contributed by atoms with Crippen LogP contribution in [-0.4, -0.2) is 62.5 Å². The zero-order chi connectivity index (χ0) is 18.3. The molecule has 140 valence electrons. The average molecular weight is 360 g/mol. The number of halogens is 3. The number of guanidine groups is 1. The number of nitrogens with zero attached hydrogens (tertiary/aromatic N) is 3. The van der Waals surface area contributed by atoms with E-state index in [2.05, 4.69) is 15.3 Å². The van der Waals surface area contributed by atoms with E-state index in [1.54, 1.807) is 19.2 Å². The van der Waals surface area contributed by atoms with E-state index in [4.69, 9.17) is 9.47 Å². The number of aromatic nitrogens is 1. The maximum Gasteiger partial charge on any atom is 0.422 e. The van der Waals surface area contributed by atoms with Gasteiger partial charge in [-0.1, -0.05) is 6.07 Å². The van der Waals surface area contributed by atoms with Crippen molar-refractivity contribution in [3.8, 4) is 5.88 Å². The highest BCUT2D eigenvalue weighted by Gasteiger charge is 2.29. The van der Waals surface area contributed by atoms with Gasteiger partial charge in [0.05, 0.1) is 6.61 Å². The Morgan fingerprint density at radius 3 is 2.96 bits per heavy atom. The minimum Gasteiger partial charge on any atom is -0.468 e. The van der Waals surface area contributed by atoms with Crippen LogP contribution in [0.5, 0.6) is 5.88 Å². The maximum atomic E-state index is 12.3. The van der Waals surface area contributed by atoms with E-state index < -0.39 is 12.8 Å². The van der Waals surface area contributed by atoms with Crippen LogP contribution in [0.3, 0.4) is 0 Å². The van der Waals surface area contributed by atoms with Crippen molar-refractivity contribution < 1.29 is 22.6 Å². The van der Waals surface area contributed by atoms with E-state index in [1.807, 2.05) is 11.9 Å². The van der Waals surface area contributed by atoms with Crippen LogP contribution in [0.1, 0.15) is 12.0 Å². The predicted octanol–water partition coefficient (Wildman–Crippen LogP) is 2.07. The van der Waals surface area contributed by atoms with Crippen LogP contribution in [0.4, 0.5) is 13.2 Å². The lowest BCUT2D eigenvalue weighted by Gasteiger charge is -2.24. The molecule has 25 heavy (non-hydrogen) atoms. The molecule has 1 N–H and O–H groups in total. The quantitative estimate of drug-likeness (QED) is 0.622. The van der Waals surface area contributed by atoms with Crippen LogP contribution in [-0.2, 0) is 11.3 Å². The molecular formula is C16H23F3N4O2. The lowest BCUT2D eigenvalue weighted by atomic mass is 10.1. The fourth-order valence-electron chi connectivity index (χ4n) is 2.60. The molecule has 6 nitrogen and oxygen atoms in total. The first-order valence-electron chi connectivity index (χ1n) is 8.02. The molecule has 1 fully saturated rings. The van der Waals surface area contributed by atoms with E-state index in [9.17, 15) is 13.2 Å². The Bertz CT molecular complexity index is 575. The molecule has 0 amide bonds. The van der Waals surface area contributed by atoms with Gasteiger partial charge in [-0.2, -0.15) is 13.2 Å². The number of pyridine rings is 1. The summed E-state index contributed by atoms with van der Waals surface area (Å²) >= 11 is 0. The van der Waals surface area contributed by atoms with Gasteiger partial charge < -0.3 is 19.7 Å². The highest BCUT2D eigenvalue weighted by atomic mass is 19.4. The third kappa shape index (κ3) is 6.41. The van der Waals surface area contributed by atoms with E-state index in [0.717, 1.165) is 26.2 Å². The number of hydrogen-bond acceptors (Lipinski definition) is 4. The van der Waals surface area contributed by atoms with Crippen LogP contribution < -0.4 is 10.1 Å². The van der Waals surface area contributed by atoms with Gasteiger partial charge in [-0.05, 0) is 12.5 Å². The first-order valence-corrected chi connectivity index (χ1v) is 8.02. The standard InChI is InChI=1S/C16H23F3N4O2/c1-20-15(23(2)9-12-5-7-24-10-12)22-8-13-4-3-6-21-14(13)25-11-16(17,18)19/h3-4,6,12H,5,7-11H2,1-2H3,(H,20,22). The monoisotopic (exact) mass is 360 g/mol. The van der Waals surface area contributed by atoms with E-state index in [-0.39, 0.29) is 12.4 Å². The number of rotatable bonds is 6. The van der Waals surface area contributed by atoms with Crippen LogP contribution in [0.2, 0.25) is 0 Å². The number of aliphatic imine (C=N–C) groups is 1. The molecule has 1 aromatic heterocycles. The minimum absolute atomic E-state index is 0.0328. The van der Waals surface area contributed by atoms with Crippen molar-refractivity contribution >= 4 is 5.96 Å². The summed E-state index contributed by atoms with van der Waals surface area (Å²) in [5, 5.41) is 3.13. The molecule has 1 atom stereocenters. The van der Waals surface area contributed by atoms with Gasteiger partial charge in [-0.25, -0.2) is 4.98 Å². The fraction of sp³-hybridized carbons (Fsp3) is 0.625. The topological polar surface area (TPSA) is 59.0 Å². The predicted molar refractivity (Wildman–Crippen MR) is 87.5 cm³/mol. The summed E-state index contributed by atoms with van der Waals surface area (Å²) < 4.78 is 47.2. The number of ether oxygens (including phenoxy) is 2. The van der Waals surface area contributed by atoms with Gasteiger partial charge in [0, 0.05) is 51.5 Å². The summed E-state index contributed by atoms with van der Waals surface area (Å²) in [4.78, 5) is 10.1. The maximum absolute atomic E-state index is 12.3. The molecule has 1 saturated heterocycles. The Balaban J connectivity index is 1.92. The summed E-state index contributed by atoms with van der Waals surface area (Å²) in [5.74, 6) is 1.07. The van der Waals surface area contributed by atoms with Crippen molar-refractivity contribution in [2.24, 2.45) is 10.9 Å². The summed E-state index contributed by atoms with van der Waals surface area (Å²) in [5.41, 5.74) is 0.533.